The molecule has 100 valence electrons. The van der Waals surface area contributed by atoms with Crippen molar-refractivity contribution < 1.29 is 0 Å². The van der Waals surface area contributed by atoms with Crippen molar-refractivity contribution in [3.05, 3.63) is 0 Å². The molecule has 0 aromatic carbocycles. The Bertz CT molecular complexity index is 196. The van der Waals surface area contributed by atoms with E-state index in [0.29, 0.717) is 0 Å². The summed E-state index contributed by atoms with van der Waals surface area (Å²) in [5.74, 6) is 3.68. The molecule has 2 saturated heterocycles. The Hall–Kier alpha value is 0.270. The molecule has 2 heterocycles. The molecule has 17 heavy (non-hydrogen) atoms. The summed E-state index contributed by atoms with van der Waals surface area (Å²) >= 11 is 2.12. The molecule has 0 bridgehead atoms. The second-order valence-electron chi connectivity index (χ2n) is 5.75. The van der Waals surface area contributed by atoms with Gasteiger partial charge in [0.1, 0.15) is 0 Å². The molecular formula is C14H28N2S. The lowest BCUT2D eigenvalue weighted by Crippen LogP contribution is -2.37. The van der Waals surface area contributed by atoms with E-state index in [2.05, 4.69) is 28.9 Å². The normalized spacial score (nSPS) is 28.4. The highest BCUT2D eigenvalue weighted by Crippen LogP contribution is 2.17. The van der Waals surface area contributed by atoms with Gasteiger partial charge in [0.25, 0.3) is 0 Å². The molecule has 1 atom stereocenters. The van der Waals surface area contributed by atoms with Crippen LogP contribution in [0.15, 0.2) is 0 Å². The van der Waals surface area contributed by atoms with Gasteiger partial charge in [0, 0.05) is 11.8 Å². The summed E-state index contributed by atoms with van der Waals surface area (Å²) in [7, 11) is 0. The van der Waals surface area contributed by atoms with Crippen LogP contribution in [0.2, 0.25) is 0 Å². The number of piperidine rings is 1. The van der Waals surface area contributed by atoms with Crippen LogP contribution >= 0.6 is 11.8 Å². The summed E-state index contributed by atoms with van der Waals surface area (Å²) in [5.41, 5.74) is 0. The van der Waals surface area contributed by atoms with E-state index in [0.717, 1.165) is 12.0 Å². The average molecular weight is 256 g/mol. The number of thioether (sulfide) groups is 1. The van der Waals surface area contributed by atoms with Crippen LogP contribution in [0, 0.1) is 5.92 Å². The van der Waals surface area contributed by atoms with Crippen molar-refractivity contribution in [1.82, 2.24) is 10.2 Å². The quantitative estimate of drug-likeness (QED) is 0.761. The lowest BCUT2D eigenvalue weighted by atomic mass is 9.99. The van der Waals surface area contributed by atoms with Gasteiger partial charge in [0.15, 0.2) is 0 Å². The van der Waals surface area contributed by atoms with Crippen LogP contribution in [0.3, 0.4) is 0 Å². The van der Waals surface area contributed by atoms with E-state index < -0.39 is 0 Å². The largest absolute Gasteiger partial charge is 0.313 e. The molecule has 0 aromatic heterocycles. The minimum atomic E-state index is 0.801. The number of hydrogen-bond acceptors (Lipinski definition) is 3. The zero-order chi connectivity index (χ0) is 11.9. The molecule has 2 rings (SSSR count). The summed E-state index contributed by atoms with van der Waals surface area (Å²) in [4.78, 5) is 2.65. The summed E-state index contributed by atoms with van der Waals surface area (Å²) in [6, 6.07) is 0.801. The monoisotopic (exact) mass is 256 g/mol. The van der Waals surface area contributed by atoms with E-state index in [1.165, 1.54) is 69.8 Å². The average Bonchev–Trinajstić information content (AvgIpc) is 2.38. The third-order valence-corrected chi connectivity index (χ3v) is 5.34. The van der Waals surface area contributed by atoms with Gasteiger partial charge >= 0.3 is 0 Å². The molecule has 2 fully saturated rings. The predicted molar refractivity (Wildman–Crippen MR) is 77.8 cm³/mol. The summed E-state index contributed by atoms with van der Waals surface area (Å²) in [6.45, 7) is 7.58. The third-order valence-electron chi connectivity index (χ3n) is 4.12. The van der Waals surface area contributed by atoms with Gasteiger partial charge in [-0.1, -0.05) is 6.92 Å². The molecule has 2 aliphatic heterocycles. The zero-order valence-electron chi connectivity index (χ0n) is 11.3. The molecular weight excluding hydrogens is 228 g/mol. The molecule has 1 N–H and O–H groups in total. The van der Waals surface area contributed by atoms with Crippen molar-refractivity contribution >= 4 is 11.8 Å². The maximum atomic E-state index is 3.72. The van der Waals surface area contributed by atoms with Crippen LogP contribution < -0.4 is 5.32 Å². The molecule has 2 aliphatic rings. The van der Waals surface area contributed by atoms with E-state index in [-0.39, 0.29) is 0 Å². The summed E-state index contributed by atoms with van der Waals surface area (Å²) in [6.07, 6.45) is 6.95. The first-order valence-corrected chi connectivity index (χ1v) is 8.53. The lowest BCUT2D eigenvalue weighted by molar-refractivity contribution is 0.190. The highest BCUT2D eigenvalue weighted by Gasteiger charge is 2.15. The standard InChI is InChI=1S/C14H28N2S/c1-13-5-9-16(10-6-13)8-3-7-15-14-4-2-11-17-12-14/h13-15H,2-12H2,1H3. The van der Waals surface area contributed by atoms with E-state index in [1.54, 1.807) is 0 Å². The molecule has 0 spiro atoms. The molecule has 0 aliphatic carbocycles. The lowest BCUT2D eigenvalue weighted by Gasteiger charge is -2.30. The number of likely N-dealkylation sites (tertiary alicyclic amines) is 1. The predicted octanol–water partition coefficient (Wildman–Crippen LogP) is 2.59. The first-order chi connectivity index (χ1) is 8.34. The molecule has 0 saturated carbocycles. The van der Waals surface area contributed by atoms with Crippen molar-refractivity contribution in [1.29, 1.82) is 0 Å². The Morgan fingerprint density at radius 2 is 2.06 bits per heavy atom. The number of rotatable bonds is 5. The summed E-state index contributed by atoms with van der Waals surface area (Å²) in [5, 5.41) is 3.72. The van der Waals surface area contributed by atoms with Crippen LogP contribution in [0.1, 0.15) is 39.0 Å². The summed E-state index contributed by atoms with van der Waals surface area (Å²) < 4.78 is 0. The fourth-order valence-corrected chi connectivity index (χ4v) is 3.90. The Morgan fingerprint density at radius 1 is 1.24 bits per heavy atom. The second-order valence-corrected chi connectivity index (χ2v) is 6.90. The van der Waals surface area contributed by atoms with E-state index >= 15 is 0 Å². The van der Waals surface area contributed by atoms with Gasteiger partial charge in [-0.05, 0) is 70.0 Å². The molecule has 2 nitrogen and oxygen atoms in total. The minimum absolute atomic E-state index is 0.801. The Kier molecular flexibility index (Phi) is 6.16. The fourth-order valence-electron chi connectivity index (χ4n) is 2.80. The Balaban J connectivity index is 1.48. The molecule has 0 amide bonds. The van der Waals surface area contributed by atoms with Crippen LogP contribution in [-0.2, 0) is 0 Å². The van der Waals surface area contributed by atoms with Gasteiger partial charge in [0.05, 0.1) is 0 Å². The van der Waals surface area contributed by atoms with Crippen LogP contribution in [0.5, 0.6) is 0 Å². The minimum Gasteiger partial charge on any atom is -0.313 e. The highest BCUT2D eigenvalue weighted by molar-refractivity contribution is 7.99. The van der Waals surface area contributed by atoms with Crippen LogP contribution in [0.25, 0.3) is 0 Å². The van der Waals surface area contributed by atoms with Gasteiger partial charge in [-0.15, -0.1) is 0 Å². The third kappa shape index (κ3) is 5.19. The van der Waals surface area contributed by atoms with Crippen molar-refractivity contribution in [3.63, 3.8) is 0 Å². The highest BCUT2D eigenvalue weighted by atomic mass is 32.2. The van der Waals surface area contributed by atoms with Crippen molar-refractivity contribution in [3.8, 4) is 0 Å². The maximum absolute atomic E-state index is 3.72. The van der Waals surface area contributed by atoms with Gasteiger partial charge in [-0.2, -0.15) is 11.8 Å². The van der Waals surface area contributed by atoms with Gasteiger partial charge in [0.2, 0.25) is 0 Å². The Labute approximate surface area is 111 Å². The second kappa shape index (κ2) is 7.65. The van der Waals surface area contributed by atoms with E-state index in [1.807, 2.05) is 0 Å². The van der Waals surface area contributed by atoms with Gasteiger partial charge in [-0.25, -0.2) is 0 Å². The van der Waals surface area contributed by atoms with Crippen LogP contribution in [0.4, 0.5) is 0 Å². The number of nitrogens with one attached hydrogen (secondary N) is 1. The smallest absolute Gasteiger partial charge is 0.0158 e. The zero-order valence-corrected chi connectivity index (χ0v) is 12.1. The maximum Gasteiger partial charge on any atom is 0.0158 e. The van der Waals surface area contributed by atoms with Crippen molar-refractivity contribution in [2.24, 2.45) is 5.92 Å². The Morgan fingerprint density at radius 3 is 2.76 bits per heavy atom. The van der Waals surface area contributed by atoms with Crippen molar-refractivity contribution in [2.45, 2.75) is 45.1 Å². The number of nitrogens with zero attached hydrogens (tertiary/aromatic N) is 1. The van der Waals surface area contributed by atoms with E-state index in [9.17, 15) is 0 Å². The van der Waals surface area contributed by atoms with E-state index in [4.69, 9.17) is 0 Å². The number of hydrogen-bond donors (Lipinski definition) is 1. The molecule has 3 heteroatoms. The van der Waals surface area contributed by atoms with Crippen LogP contribution in [-0.4, -0.2) is 48.6 Å². The molecule has 0 radical (unpaired) electrons. The van der Waals surface area contributed by atoms with Gasteiger partial charge in [-0.3, -0.25) is 0 Å². The first kappa shape index (κ1) is 13.7. The molecule has 0 aromatic rings. The molecule has 1 unspecified atom stereocenters. The van der Waals surface area contributed by atoms with Crippen molar-refractivity contribution in [2.75, 3.05) is 37.7 Å². The first-order valence-electron chi connectivity index (χ1n) is 7.38. The topological polar surface area (TPSA) is 15.3 Å². The fraction of sp³-hybridized carbons (Fsp3) is 1.00. The van der Waals surface area contributed by atoms with Gasteiger partial charge < -0.3 is 10.2 Å². The SMILES string of the molecule is CC1CCN(CCCNC2CCCSC2)CC1.